The lowest BCUT2D eigenvalue weighted by atomic mass is 10.2. The molecular weight excluding hydrogens is 364 g/mol. The highest BCUT2D eigenvalue weighted by atomic mass is 35.5. The number of nitrogens with zero attached hydrogens (tertiary/aromatic N) is 5. The molecule has 0 saturated carbocycles. The van der Waals surface area contributed by atoms with Gasteiger partial charge in [0.15, 0.2) is 16.8 Å². The van der Waals surface area contributed by atoms with E-state index in [1.54, 1.807) is 19.1 Å². The summed E-state index contributed by atoms with van der Waals surface area (Å²) in [6.45, 7) is 4.35. The average molecular weight is 379 g/mol. The third-order valence-electron chi connectivity index (χ3n) is 3.24. The van der Waals surface area contributed by atoms with Crippen molar-refractivity contribution in [1.82, 2.24) is 24.9 Å². The first-order valence-electron chi connectivity index (χ1n) is 7.49. The molecule has 1 N–H and O–H groups in total. The van der Waals surface area contributed by atoms with Crippen molar-refractivity contribution in [3.8, 4) is 11.4 Å². The van der Waals surface area contributed by atoms with Gasteiger partial charge >= 0.3 is 6.01 Å². The molecule has 1 amide bonds. The number of carbonyl (C=O) groups is 1. The third-order valence-corrected chi connectivity index (χ3v) is 4.46. The molecule has 2 aromatic heterocycles. The highest BCUT2D eigenvalue weighted by Gasteiger charge is 2.15. The van der Waals surface area contributed by atoms with Crippen molar-refractivity contribution in [2.24, 2.45) is 0 Å². The van der Waals surface area contributed by atoms with Gasteiger partial charge in [-0.25, -0.2) is 0 Å². The fourth-order valence-corrected chi connectivity index (χ4v) is 3.05. The molecule has 0 unspecified atom stereocenters. The predicted octanol–water partition coefficient (Wildman–Crippen LogP) is 3.04. The average Bonchev–Trinajstić information content (AvgIpc) is 3.19. The zero-order valence-electron chi connectivity index (χ0n) is 13.6. The number of aryl methyl sites for hydroxylation is 1. The molecule has 0 atom stereocenters. The Hall–Kier alpha value is -2.39. The highest BCUT2D eigenvalue weighted by Crippen LogP contribution is 2.25. The molecule has 25 heavy (non-hydrogen) atoms. The van der Waals surface area contributed by atoms with E-state index in [1.165, 1.54) is 11.8 Å². The van der Waals surface area contributed by atoms with Crippen molar-refractivity contribution in [2.45, 2.75) is 25.5 Å². The normalized spacial score (nSPS) is 10.8. The summed E-state index contributed by atoms with van der Waals surface area (Å²) in [6.07, 6.45) is 0. The molecule has 0 aliphatic carbocycles. The summed E-state index contributed by atoms with van der Waals surface area (Å²) >= 11 is 7.21. The van der Waals surface area contributed by atoms with Crippen LogP contribution in [0, 0.1) is 6.92 Å². The molecule has 0 radical (unpaired) electrons. The summed E-state index contributed by atoms with van der Waals surface area (Å²) in [6, 6.07) is 7.47. The summed E-state index contributed by atoms with van der Waals surface area (Å²) in [5.41, 5.74) is 0.913. The van der Waals surface area contributed by atoms with Gasteiger partial charge in [0.2, 0.25) is 5.91 Å². The molecule has 10 heteroatoms. The topological polar surface area (TPSA) is 98.7 Å². The maximum Gasteiger partial charge on any atom is 0.328 e. The lowest BCUT2D eigenvalue weighted by Gasteiger charge is -2.07. The first kappa shape index (κ1) is 17.4. The molecule has 0 bridgehead atoms. The minimum atomic E-state index is -0.257. The largest absolute Gasteiger partial charge is 0.328 e. The first-order valence-corrected chi connectivity index (χ1v) is 8.85. The number of hydrogen-bond donors (Lipinski definition) is 1. The minimum absolute atomic E-state index is 0.0851. The molecule has 0 aliphatic heterocycles. The maximum atomic E-state index is 12.0. The number of benzene rings is 1. The Morgan fingerprint density at radius 1 is 1.32 bits per heavy atom. The lowest BCUT2D eigenvalue weighted by molar-refractivity contribution is -0.114. The Morgan fingerprint density at radius 2 is 2.08 bits per heavy atom. The first-order chi connectivity index (χ1) is 12.1. The molecular formula is C15H15ClN6O2S. The van der Waals surface area contributed by atoms with Crippen LogP contribution in [0.2, 0.25) is 5.02 Å². The smallest absolute Gasteiger partial charge is 0.315 e. The summed E-state index contributed by atoms with van der Waals surface area (Å²) < 4.78 is 6.80. The predicted molar refractivity (Wildman–Crippen MR) is 94.5 cm³/mol. The van der Waals surface area contributed by atoms with E-state index in [2.05, 4.69) is 25.7 Å². The van der Waals surface area contributed by atoms with E-state index in [0.29, 0.717) is 22.5 Å². The van der Waals surface area contributed by atoms with Crippen LogP contribution in [0.5, 0.6) is 0 Å². The van der Waals surface area contributed by atoms with Gasteiger partial charge in [-0.05, 0) is 38.1 Å². The van der Waals surface area contributed by atoms with E-state index in [9.17, 15) is 4.79 Å². The van der Waals surface area contributed by atoms with Crippen LogP contribution in [-0.2, 0) is 11.3 Å². The molecule has 0 fully saturated rings. The second kappa shape index (κ2) is 7.66. The lowest BCUT2D eigenvalue weighted by Crippen LogP contribution is -2.15. The van der Waals surface area contributed by atoms with E-state index in [0.717, 1.165) is 11.4 Å². The van der Waals surface area contributed by atoms with Crippen LogP contribution in [0.1, 0.15) is 12.7 Å². The van der Waals surface area contributed by atoms with Gasteiger partial charge in [0.25, 0.3) is 0 Å². The summed E-state index contributed by atoms with van der Waals surface area (Å²) in [5, 5.41) is 15.9. The van der Waals surface area contributed by atoms with Crippen molar-refractivity contribution in [3.05, 3.63) is 35.1 Å². The van der Waals surface area contributed by atoms with E-state index in [1.807, 2.05) is 23.6 Å². The molecule has 1 aromatic carbocycles. The van der Waals surface area contributed by atoms with Crippen LogP contribution < -0.4 is 5.32 Å². The molecule has 0 saturated heterocycles. The standard InChI is InChI=1S/C15H15ClN6O2S/c1-3-22-13(10-4-6-11(16)7-5-10)19-20-15(22)25-8-12(23)18-14-17-9(2)21-24-14/h4-7H,3,8H2,1-2H3,(H,17,18,21,23). The SMILES string of the molecule is CCn1c(SCC(=O)Nc2nc(C)no2)nnc1-c1ccc(Cl)cc1. The van der Waals surface area contributed by atoms with Gasteiger partial charge in [0.1, 0.15) is 0 Å². The number of nitrogens with one attached hydrogen (secondary N) is 1. The Bertz CT molecular complexity index is 877. The van der Waals surface area contributed by atoms with E-state index < -0.39 is 0 Å². The monoisotopic (exact) mass is 378 g/mol. The number of aromatic nitrogens is 5. The quantitative estimate of drug-likeness (QED) is 0.658. The molecule has 3 rings (SSSR count). The Kier molecular flexibility index (Phi) is 5.34. The maximum absolute atomic E-state index is 12.0. The van der Waals surface area contributed by atoms with Gasteiger partial charge in [0, 0.05) is 17.1 Å². The number of anilines is 1. The molecule has 3 aromatic rings. The zero-order valence-corrected chi connectivity index (χ0v) is 15.1. The number of halogens is 1. The fourth-order valence-electron chi connectivity index (χ4n) is 2.13. The fraction of sp³-hybridized carbons (Fsp3) is 0.267. The van der Waals surface area contributed by atoms with Crippen LogP contribution in [-0.4, -0.2) is 36.6 Å². The number of thioether (sulfide) groups is 1. The van der Waals surface area contributed by atoms with Crippen LogP contribution >= 0.6 is 23.4 Å². The van der Waals surface area contributed by atoms with E-state index >= 15 is 0 Å². The second-order valence-corrected chi connectivity index (χ2v) is 6.42. The number of rotatable bonds is 6. The van der Waals surface area contributed by atoms with Crippen molar-refractivity contribution in [3.63, 3.8) is 0 Å². The molecule has 0 spiro atoms. The van der Waals surface area contributed by atoms with Crippen LogP contribution in [0.3, 0.4) is 0 Å². The molecule has 130 valence electrons. The Balaban J connectivity index is 1.68. The van der Waals surface area contributed by atoms with Crippen molar-refractivity contribution in [2.75, 3.05) is 11.1 Å². The van der Waals surface area contributed by atoms with Crippen molar-refractivity contribution in [1.29, 1.82) is 0 Å². The van der Waals surface area contributed by atoms with E-state index in [-0.39, 0.29) is 17.7 Å². The van der Waals surface area contributed by atoms with Crippen molar-refractivity contribution < 1.29 is 9.32 Å². The molecule has 8 nitrogen and oxygen atoms in total. The Morgan fingerprint density at radius 3 is 2.72 bits per heavy atom. The Labute approximate surface area is 153 Å². The van der Waals surface area contributed by atoms with Gasteiger partial charge < -0.3 is 9.09 Å². The minimum Gasteiger partial charge on any atom is -0.315 e. The molecule has 2 heterocycles. The third kappa shape index (κ3) is 4.18. The summed E-state index contributed by atoms with van der Waals surface area (Å²) in [4.78, 5) is 15.9. The van der Waals surface area contributed by atoms with Gasteiger partial charge in [-0.1, -0.05) is 28.5 Å². The zero-order chi connectivity index (χ0) is 17.8. The second-order valence-electron chi connectivity index (χ2n) is 5.04. The summed E-state index contributed by atoms with van der Waals surface area (Å²) in [5.74, 6) is 1.09. The van der Waals surface area contributed by atoms with Crippen molar-refractivity contribution >= 4 is 35.3 Å². The van der Waals surface area contributed by atoms with Crippen LogP contribution in [0.25, 0.3) is 11.4 Å². The number of hydrogen-bond acceptors (Lipinski definition) is 7. The summed E-state index contributed by atoms with van der Waals surface area (Å²) in [7, 11) is 0. The van der Waals surface area contributed by atoms with Gasteiger partial charge in [-0.2, -0.15) is 4.98 Å². The van der Waals surface area contributed by atoms with Crippen LogP contribution in [0.4, 0.5) is 6.01 Å². The van der Waals surface area contributed by atoms with Gasteiger partial charge in [-0.15, -0.1) is 10.2 Å². The highest BCUT2D eigenvalue weighted by molar-refractivity contribution is 7.99. The number of amides is 1. The van der Waals surface area contributed by atoms with Gasteiger partial charge in [0.05, 0.1) is 5.75 Å². The van der Waals surface area contributed by atoms with Gasteiger partial charge in [-0.3, -0.25) is 10.1 Å². The van der Waals surface area contributed by atoms with E-state index in [4.69, 9.17) is 16.1 Å². The number of carbonyl (C=O) groups excluding carboxylic acids is 1. The van der Waals surface area contributed by atoms with Crippen LogP contribution in [0.15, 0.2) is 33.9 Å². The molecule has 0 aliphatic rings.